The minimum atomic E-state index is 0.909. The number of nitrogens with zero attached hydrogens (tertiary/aromatic N) is 3. The highest BCUT2D eigenvalue weighted by molar-refractivity contribution is 5.34. The highest BCUT2D eigenvalue weighted by Crippen LogP contribution is 2.14. The van der Waals surface area contributed by atoms with Crippen molar-refractivity contribution in [3.8, 4) is 0 Å². The fourth-order valence-corrected chi connectivity index (χ4v) is 2.20. The zero-order valence-electron chi connectivity index (χ0n) is 10.9. The number of aryl methyl sites for hydroxylation is 2. The van der Waals surface area contributed by atoms with Gasteiger partial charge in [-0.2, -0.15) is 0 Å². The summed E-state index contributed by atoms with van der Waals surface area (Å²) in [6, 6.07) is 0. The topological polar surface area (TPSA) is 41.1 Å². The summed E-state index contributed by atoms with van der Waals surface area (Å²) in [4.78, 5) is 11.5. The lowest BCUT2D eigenvalue weighted by Crippen LogP contribution is -2.44. The van der Waals surface area contributed by atoms with E-state index >= 15 is 0 Å². The second-order valence-electron chi connectivity index (χ2n) is 4.48. The van der Waals surface area contributed by atoms with Gasteiger partial charge in [0.25, 0.3) is 0 Å². The van der Waals surface area contributed by atoms with Gasteiger partial charge in [-0.05, 0) is 18.4 Å². The standard InChI is InChI=1S/C13H22N4/c1-3-5-12-11(4-2)10-15-13(16-12)17-8-6-14-7-9-17/h10,14H,3-9H2,1-2H3. The summed E-state index contributed by atoms with van der Waals surface area (Å²) in [7, 11) is 0. The van der Waals surface area contributed by atoms with Crippen LogP contribution in [0.3, 0.4) is 0 Å². The molecule has 0 radical (unpaired) electrons. The maximum Gasteiger partial charge on any atom is 0.225 e. The third-order valence-corrected chi connectivity index (χ3v) is 3.21. The molecule has 1 fully saturated rings. The maximum atomic E-state index is 4.74. The number of hydrogen-bond acceptors (Lipinski definition) is 4. The van der Waals surface area contributed by atoms with Crippen LogP contribution in [0.1, 0.15) is 31.5 Å². The Morgan fingerprint density at radius 3 is 2.71 bits per heavy atom. The van der Waals surface area contributed by atoms with Gasteiger partial charge in [-0.3, -0.25) is 0 Å². The van der Waals surface area contributed by atoms with Gasteiger partial charge >= 0.3 is 0 Å². The quantitative estimate of drug-likeness (QED) is 0.855. The fourth-order valence-electron chi connectivity index (χ4n) is 2.20. The van der Waals surface area contributed by atoms with Crippen molar-refractivity contribution in [2.45, 2.75) is 33.1 Å². The minimum absolute atomic E-state index is 0.909. The van der Waals surface area contributed by atoms with E-state index in [-0.39, 0.29) is 0 Å². The summed E-state index contributed by atoms with van der Waals surface area (Å²) < 4.78 is 0. The molecule has 0 aromatic carbocycles. The van der Waals surface area contributed by atoms with Gasteiger partial charge in [0.2, 0.25) is 5.95 Å². The van der Waals surface area contributed by atoms with Crippen LogP contribution in [-0.4, -0.2) is 36.1 Å². The van der Waals surface area contributed by atoms with E-state index in [1.807, 2.05) is 6.20 Å². The monoisotopic (exact) mass is 234 g/mol. The largest absolute Gasteiger partial charge is 0.338 e. The molecule has 1 aliphatic heterocycles. The van der Waals surface area contributed by atoms with Crippen molar-refractivity contribution in [2.75, 3.05) is 31.1 Å². The van der Waals surface area contributed by atoms with Crippen LogP contribution in [0, 0.1) is 0 Å². The molecule has 1 N–H and O–H groups in total. The predicted octanol–water partition coefficient (Wildman–Crippen LogP) is 1.40. The van der Waals surface area contributed by atoms with E-state index in [9.17, 15) is 0 Å². The molecule has 0 saturated carbocycles. The molecule has 1 aromatic rings. The molecule has 0 atom stereocenters. The van der Waals surface area contributed by atoms with E-state index in [1.165, 1.54) is 11.3 Å². The smallest absolute Gasteiger partial charge is 0.225 e. The van der Waals surface area contributed by atoms with Crippen LogP contribution in [0.4, 0.5) is 5.95 Å². The Morgan fingerprint density at radius 1 is 1.29 bits per heavy atom. The highest BCUT2D eigenvalue weighted by atomic mass is 15.3. The number of nitrogens with one attached hydrogen (secondary N) is 1. The summed E-state index contributed by atoms with van der Waals surface area (Å²) in [5, 5.41) is 3.35. The first-order chi connectivity index (χ1) is 8.35. The lowest BCUT2D eigenvalue weighted by molar-refractivity contribution is 0.578. The zero-order chi connectivity index (χ0) is 12.1. The molecule has 0 bridgehead atoms. The normalized spacial score (nSPS) is 16.2. The third kappa shape index (κ3) is 2.94. The summed E-state index contributed by atoms with van der Waals surface area (Å²) in [5.74, 6) is 0.909. The first-order valence-electron chi connectivity index (χ1n) is 6.65. The van der Waals surface area contributed by atoms with Gasteiger partial charge in [0.1, 0.15) is 0 Å². The van der Waals surface area contributed by atoms with Crippen LogP contribution in [0.15, 0.2) is 6.20 Å². The molecule has 2 heterocycles. The van der Waals surface area contributed by atoms with Crippen LogP contribution in [-0.2, 0) is 12.8 Å². The summed E-state index contributed by atoms with van der Waals surface area (Å²) in [5.41, 5.74) is 2.53. The highest BCUT2D eigenvalue weighted by Gasteiger charge is 2.14. The van der Waals surface area contributed by atoms with Crippen LogP contribution >= 0.6 is 0 Å². The van der Waals surface area contributed by atoms with Crippen LogP contribution in [0.25, 0.3) is 0 Å². The third-order valence-electron chi connectivity index (χ3n) is 3.21. The van der Waals surface area contributed by atoms with Gasteiger partial charge in [0.15, 0.2) is 0 Å². The Bertz CT molecular complexity index is 358. The number of hydrogen-bond donors (Lipinski definition) is 1. The SMILES string of the molecule is CCCc1nc(N2CCNCC2)ncc1CC. The molecule has 4 heteroatoms. The summed E-state index contributed by atoms with van der Waals surface area (Å²) in [6.07, 6.45) is 5.24. The average molecular weight is 234 g/mol. The van der Waals surface area contributed by atoms with Gasteiger partial charge in [0.05, 0.1) is 0 Å². The van der Waals surface area contributed by atoms with Crippen molar-refractivity contribution in [3.05, 3.63) is 17.5 Å². The number of piperazine rings is 1. The molecule has 2 rings (SSSR count). The van der Waals surface area contributed by atoms with Gasteiger partial charge in [-0.1, -0.05) is 20.3 Å². The van der Waals surface area contributed by atoms with E-state index in [1.54, 1.807) is 0 Å². The minimum Gasteiger partial charge on any atom is -0.338 e. The van der Waals surface area contributed by atoms with E-state index in [4.69, 9.17) is 4.98 Å². The lowest BCUT2D eigenvalue weighted by atomic mass is 10.1. The predicted molar refractivity (Wildman–Crippen MR) is 70.5 cm³/mol. The Morgan fingerprint density at radius 2 is 2.06 bits per heavy atom. The summed E-state index contributed by atoms with van der Waals surface area (Å²) >= 11 is 0. The maximum absolute atomic E-state index is 4.74. The van der Waals surface area contributed by atoms with E-state index in [0.29, 0.717) is 0 Å². The number of anilines is 1. The Kier molecular flexibility index (Phi) is 4.31. The van der Waals surface area contributed by atoms with Gasteiger partial charge in [-0.15, -0.1) is 0 Å². The second-order valence-corrected chi connectivity index (χ2v) is 4.48. The molecular weight excluding hydrogens is 212 g/mol. The molecule has 1 aliphatic rings. The molecule has 17 heavy (non-hydrogen) atoms. The molecule has 94 valence electrons. The molecule has 0 unspecified atom stereocenters. The average Bonchev–Trinajstić information content (AvgIpc) is 2.40. The van der Waals surface area contributed by atoms with Crippen molar-refractivity contribution in [2.24, 2.45) is 0 Å². The second kappa shape index (κ2) is 5.96. The fraction of sp³-hybridized carbons (Fsp3) is 0.692. The molecule has 1 saturated heterocycles. The van der Waals surface area contributed by atoms with Gasteiger partial charge in [0, 0.05) is 38.1 Å². The van der Waals surface area contributed by atoms with Gasteiger partial charge < -0.3 is 10.2 Å². The first-order valence-corrected chi connectivity index (χ1v) is 6.65. The van der Waals surface area contributed by atoms with Crippen molar-refractivity contribution in [1.82, 2.24) is 15.3 Å². The van der Waals surface area contributed by atoms with Crippen LogP contribution < -0.4 is 10.2 Å². The van der Waals surface area contributed by atoms with E-state index < -0.39 is 0 Å². The van der Waals surface area contributed by atoms with Crippen molar-refractivity contribution in [1.29, 1.82) is 0 Å². The number of aromatic nitrogens is 2. The van der Waals surface area contributed by atoms with E-state index in [2.05, 4.69) is 29.0 Å². The zero-order valence-corrected chi connectivity index (χ0v) is 10.9. The molecular formula is C13H22N4. The van der Waals surface area contributed by atoms with Crippen LogP contribution in [0.5, 0.6) is 0 Å². The van der Waals surface area contributed by atoms with Crippen molar-refractivity contribution < 1.29 is 0 Å². The molecule has 0 aliphatic carbocycles. The lowest BCUT2D eigenvalue weighted by Gasteiger charge is -2.27. The molecule has 1 aromatic heterocycles. The van der Waals surface area contributed by atoms with Gasteiger partial charge in [-0.25, -0.2) is 9.97 Å². The summed E-state index contributed by atoms with van der Waals surface area (Å²) in [6.45, 7) is 8.45. The number of rotatable bonds is 4. The Balaban J connectivity index is 2.19. The Labute approximate surface area is 103 Å². The van der Waals surface area contributed by atoms with Crippen molar-refractivity contribution >= 4 is 5.95 Å². The first kappa shape index (κ1) is 12.3. The molecule has 4 nitrogen and oxygen atoms in total. The molecule has 0 amide bonds. The van der Waals surface area contributed by atoms with Crippen molar-refractivity contribution in [3.63, 3.8) is 0 Å². The molecule has 0 spiro atoms. The van der Waals surface area contributed by atoms with E-state index in [0.717, 1.165) is 51.4 Å². The Hall–Kier alpha value is -1.16. The van der Waals surface area contributed by atoms with Crippen LogP contribution in [0.2, 0.25) is 0 Å².